The summed E-state index contributed by atoms with van der Waals surface area (Å²) in [5.41, 5.74) is 6.15. The summed E-state index contributed by atoms with van der Waals surface area (Å²) in [5, 5.41) is 13.3. The van der Waals surface area contributed by atoms with Crippen molar-refractivity contribution in [2.24, 2.45) is 0 Å². The molecule has 3 aromatic carbocycles. The van der Waals surface area contributed by atoms with Crippen LogP contribution < -0.4 is 10.2 Å². The lowest BCUT2D eigenvalue weighted by Crippen LogP contribution is -2.41. The molecule has 0 unspecified atom stereocenters. The highest BCUT2D eigenvalue weighted by atomic mass is 16.3. The number of amides is 2. The van der Waals surface area contributed by atoms with Crippen LogP contribution in [0.5, 0.6) is 5.75 Å². The molecule has 140 valence electrons. The summed E-state index contributed by atoms with van der Waals surface area (Å²) in [6.45, 7) is 4.20. The van der Waals surface area contributed by atoms with Crippen LogP contribution in [-0.4, -0.2) is 17.4 Å². The third-order valence-electron chi connectivity index (χ3n) is 5.12. The van der Waals surface area contributed by atoms with E-state index in [9.17, 15) is 14.7 Å². The Kier molecular flexibility index (Phi) is 4.35. The van der Waals surface area contributed by atoms with Gasteiger partial charge in [0.25, 0.3) is 0 Å². The molecular weight excluding hydrogens is 352 g/mol. The van der Waals surface area contributed by atoms with Crippen LogP contribution in [-0.2, 0) is 6.54 Å². The summed E-state index contributed by atoms with van der Waals surface area (Å²) >= 11 is 0. The molecular formula is C23H20N2O3. The average Bonchev–Trinajstić information content (AvgIpc) is 2.69. The number of aldehydes is 1. The highest BCUT2D eigenvalue weighted by molar-refractivity contribution is 6.06. The van der Waals surface area contributed by atoms with Gasteiger partial charge in [0.15, 0.2) is 0 Å². The number of fused-ring (bicyclic) bond motifs is 1. The first-order valence-electron chi connectivity index (χ1n) is 9.06. The zero-order valence-electron chi connectivity index (χ0n) is 15.7. The molecule has 4 rings (SSSR count). The zero-order valence-corrected chi connectivity index (χ0v) is 15.7. The van der Waals surface area contributed by atoms with E-state index >= 15 is 0 Å². The Hall–Kier alpha value is -3.60. The van der Waals surface area contributed by atoms with Gasteiger partial charge in [-0.15, -0.1) is 0 Å². The molecule has 0 radical (unpaired) electrons. The zero-order chi connectivity index (χ0) is 19.8. The molecule has 0 fully saturated rings. The first-order valence-corrected chi connectivity index (χ1v) is 9.06. The molecule has 0 spiro atoms. The van der Waals surface area contributed by atoms with E-state index < -0.39 is 0 Å². The minimum atomic E-state index is -0.337. The van der Waals surface area contributed by atoms with Gasteiger partial charge in [0.1, 0.15) is 12.0 Å². The molecule has 0 saturated heterocycles. The smallest absolute Gasteiger partial charge is 0.326 e. The fourth-order valence-corrected chi connectivity index (χ4v) is 3.76. The summed E-state index contributed by atoms with van der Waals surface area (Å²) < 4.78 is 0. The largest absolute Gasteiger partial charge is 0.506 e. The van der Waals surface area contributed by atoms with Crippen LogP contribution in [0.3, 0.4) is 0 Å². The van der Waals surface area contributed by atoms with E-state index in [0.717, 1.165) is 34.1 Å². The van der Waals surface area contributed by atoms with Crippen LogP contribution in [0, 0.1) is 13.8 Å². The lowest BCUT2D eigenvalue weighted by molar-refractivity contribution is 0.112. The standard InChI is InChI=1S/C23H20N2O3/c1-14-6-3-4-8-17(14)18-10-16(13-26)11-20-19(18)12-24-23(28)25(20)22-15(2)7-5-9-21(22)27/h3-11,13,27H,12H2,1-2H3,(H,24,28). The minimum Gasteiger partial charge on any atom is -0.506 e. The first kappa shape index (κ1) is 17.8. The maximum Gasteiger partial charge on any atom is 0.326 e. The molecule has 0 aliphatic carbocycles. The summed E-state index contributed by atoms with van der Waals surface area (Å²) in [7, 11) is 0. The maximum absolute atomic E-state index is 12.8. The maximum atomic E-state index is 12.8. The van der Waals surface area contributed by atoms with Gasteiger partial charge in [-0.1, -0.05) is 36.4 Å². The molecule has 5 heteroatoms. The van der Waals surface area contributed by atoms with Crippen molar-refractivity contribution in [2.45, 2.75) is 20.4 Å². The molecule has 1 aliphatic rings. The van der Waals surface area contributed by atoms with Gasteiger partial charge >= 0.3 is 6.03 Å². The molecule has 1 heterocycles. The molecule has 0 bridgehead atoms. The topological polar surface area (TPSA) is 69.6 Å². The third kappa shape index (κ3) is 2.81. The van der Waals surface area contributed by atoms with Crippen LogP contribution in [0.25, 0.3) is 11.1 Å². The van der Waals surface area contributed by atoms with Gasteiger partial charge in [0.05, 0.1) is 11.4 Å². The number of anilines is 2. The molecule has 3 aromatic rings. The van der Waals surface area contributed by atoms with Gasteiger partial charge in [-0.25, -0.2) is 4.79 Å². The Bertz CT molecular complexity index is 1080. The Morgan fingerprint density at radius 3 is 2.46 bits per heavy atom. The fourth-order valence-electron chi connectivity index (χ4n) is 3.76. The number of phenols is 1. The Balaban J connectivity index is 2.02. The number of para-hydroxylation sites is 1. The summed E-state index contributed by atoms with van der Waals surface area (Å²) in [6.07, 6.45) is 0.782. The van der Waals surface area contributed by atoms with Crippen LogP contribution in [0.2, 0.25) is 0 Å². The number of aryl methyl sites for hydroxylation is 2. The van der Waals surface area contributed by atoms with Crippen molar-refractivity contribution in [1.82, 2.24) is 5.32 Å². The van der Waals surface area contributed by atoms with Crippen LogP contribution >= 0.6 is 0 Å². The monoisotopic (exact) mass is 372 g/mol. The minimum absolute atomic E-state index is 0.0111. The first-order chi connectivity index (χ1) is 13.5. The summed E-state index contributed by atoms with van der Waals surface area (Å²) in [4.78, 5) is 25.9. The average molecular weight is 372 g/mol. The number of hydrogen-bond donors (Lipinski definition) is 2. The third-order valence-corrected chi connectivity index (χ3v) is 5.12. The van der Waals surface area contributed by atoms with Crippen molar-refractivity contribution >= 4 is 23.7 Å². The van der Waals surface area contributed by atoms with Gasteiger partial charge in [0, 0.05) is 17.7 Å². The second kappa shape index (κ2) is 6.85. The van der Waals surface area contributed by atoms with Crippen LogP contribution in [0.4, 0.5) is 16.2 Å². The molecule has 1 aliphatic heterocycles. The number of aromatic hydroxyl groups is 1. The highest BCUT2D eigenvalue weighted by Gasteiger charge is 2.31. The van der Waals surface area contributed by atoms with Crippen LogP contribution in [0.15, 0.2) is 54.6 Å². The lowest BCUT2D eigenvalue weighted by atomic mass is 9.91. The normalized spacial score (nSPS) is 13.1. The van der Waals surface area contributed by atoms with Gasteiger partial charge in [-0.05, 0) is 54.3 Å². The van der Waals surface area contributed by atoms with E-state index in [4.69, 9.17) is 0 Å². The van der Waals surface area contributed by atoms with Crippen molar-refractivity contribution in [2.75, 3.05) is 4.90 Å². The number of carbonyl (C=O) groups excluding carboxylic acids is 2. The van der Waals surface area contributed by atoms with Gasteiger partial charge in [-0.2, -0.15) is 0 Å². The summed E-state index contributed by atoms with van der Waals surface area (Å²) in [5.74, 6) is 0.0111. The van der Waals surface area contributed by atoms with Gasteiger partial charge in [0.2, 0.25) is 0 Å². The van der Waals surface area contributed by atoms with Crippen molar-refractivity contribution in [3.8, 4) is 16.9 Å². The molecule has 0 aromatic heterocycles. The van der Waals surface area contributed by atoms with Crippen LogP contribution in [0.1, 0.15) is 27.0 Å². The fraction of sp³-hybridized carbons (Fsp3) is 0.130. The number of benzene rings is 3. The molecule has 2 N–H and O–H groups in total. The Morgan fingerprint density at radius 2 is 1.75 bits per heavy atom. The molecule has 0 saturated carbocycles. The van der Waals surface area contributed by atoms with Gasteiger partial charge < -0.3 is 10.4 Å². The molecule has 28 heavy (non-hydrogen) atoms. The number of rotatable bonds is 3. The quantitative estimate of drug-likeness (QED) is 0.646. The van der Waals surface area contributed by atoms with Gasteiger partial charge in [-0.3, -0.25) is 9.69 Å². The second-order valence-corrected chi connectivity index (χ2v) is 6.94. The predicted octanol–water partition coefficient (Wildman–Crippen LogP) is 4.85. The molecule has 0 atom stereocenters. The SMILES string of the molecule is Cc1ccccc1-c1cc(C=O)cc2c1CNC(=O)N2c1c(C)cccc1O. The van der Waals surface area contributed by atoms with E-state index in [1.165, 1.54) is 4.90 Å². The highest BCUT2D eigenvalue weighted by Crippen LogP contribution is 2.43. The van der Waals surface area contributed by atoms with E-state index in [1.807, 2.05) is 50.2 Å². The van der Waals surface area contributed by atoms with E-state index in [1.54, 1.807) is 18.2 Å². The predicted molar refractivity (Wildman–Crippen MR) is 109 cm³/mol. The second-order valence-electron chi connectivity index (χ2n) is 6.94. The van der Waals surface area contributed by atoms with Crippen molar-refractivity contribution in [1.29, 1.82) is 0 Å². The lowest BCUT2D eigenvalue weighted by Gasteiger charge is -2.33. The number of nitrogens with zero attached hydrogens (tertiary/aromatic N) is 1. The van der Waals surface area contributed by atoms with E-state index in [-0.39, 0.29) is 11.8 Å². The van der Waals surface area contributed by atoms with Crippen molar-refractivity contribution in [3.05, 3.63) is 76.9 Å². The number of phenolic OH excluding ortho intramolecular Hbond substituents is 1. The number of urea groups is 1. The Morgan fingerprint density at radius 1 is 1.00 bits per heavy atom. The van der Waals surface area contributed by atoms with Crippen molar-refractivity contribution in [3.63, 3.8) is 0 Å². The van der Waals surface area contributed by atoms with E-state index in [0.29, 0.717) is 23.5 Å². The molecule has 2 amide bonds. The number of hydrogen-bond acceptors (Lipinski definition) is 3. The van der Waals surface area contributed by atoms with E-state index in [2.05, 4.69) is 5.32 Å². The van der Waals surface area contributed by atoms with Crippen molar-refractivity contribution < 1.29 is 14.7 Å². The summed E-state index contributed by atoms with van der Waals surface area (Å²) in [6, 6.07) is 16.3. The Labute approximate surface area is 163 Å². The number of nitrogens with one attached hydrogen (secondary N) is 1. The number of carbonyl (C=O) groups is 2. The molecule has 5 nitrogen and oxygen atoms in total.